The van der Waals surface area contributed by atoms with Crippen LogP contribution >= 0.6 is 0 Å². The highest BCUT2D eigenvalue weighted by Gasteiger charge is 2.06. The van der Waals surface area contributed by atoms with E-state index in [0.29, 0.717) is 13.2 Å². The van der Waals surface area contributed by atoms with Gasteiger partial charge in [-0.05, 0) is 20.0 Å². The topological polar surface area (TPSA) is 32.7 Å². The van der Waals surface area contributed by atoms with Crippen molar-refractivity contribution in [1.29, 1.82) is 0 Å². The number of unbranched alkanes of at least 4 members (excludes halogenated alkanes) is 7. The van der Waals surface area contributed by atoms with Gasteiger partial charge in [0.15, 0.2) is 0 Å². The monoisotopic (exact) mass is 259 g/mol. The summed E-state index contributed by atoms with van der Waals surface area (Å²) in [6, 6.07) is 0. The number of hydrogen-bond acceptors (Lipinski definition) is 3. The van der Waals surface area contributed by atoms with Gasteiger partial charge in [0, 0.05) is 13.7 Å². The zero-order valence-electron chi connectivity index (χ0n) is 12.7. The standard InChI is InChI=1S/C15H33NO2/c1-4-5-6-7-8-9-10-11-12-16(2)13-15(17)14-18-3/h15,17H,4-14H2,1-3H3. The van der Waals surface area contributed by atoms with E-state index >= 15 is 0 Å². The van der Waals surface area contributed by atoms with Crippen LogP contribution < -0.4 is 0 Å². The van der Waals surface area contributed by atoms with Crippen molar-refractivity contribution in [3.05, 3.63) is 0 Å². The average molecular weight is 259 g/mol. The van der Waals surface area contributed by atoms with Gasteiger partial charge in [-0.3, -0.25) is 0 Å². The summed E-state index contributed by atoms with van der Waals surface area (Å²) in [5, 5.41) is 9.58. The Labute approximate surface area is 114 Å². The predicted molar refractivity (Wildman–Crippen MR) is 78.0 cm³/mol. The van der Waals surface area contributed by atoms with Crippen LogP contribution in [0.2, 0.25) is 0 Å². The molecule has 1 atom stereocenters. The Kier molecular flexibility index (Phi) is 13.2. The van der Waals surface area contributed by atoms with Gasteiger partial charge in [-0.1, -0.05) is 51.9 Å². The first kappa shape index (κ1) is 17.9. The lowest BCUT2D eigenvalue weighted by Gasteiger charge is -2.19. The van der Waals surface area contributed by atoms with Crippen LogP contribution in [0.15, 0.2) is 0 Å². The summed E-state index contributed by atoms with van der Waals surface area (Å²) in [5.74, 6) is 0. The Balaban J connectivity index is 3.22. The summed E-state index contributed by atoms with van der Waals surface area (Å²) < 4.78 is 4.92. The summed E-state index contributed by atoms with van der Waals surface area (Å²) >= 11 is 0. The van der Waals surface area contributed by atoms with Gasteiger partial charge < -0.3 is 14.7 Å². The molecule has 0 saturated heterocycles. The third kappa shape index (κ3) is 12.3. The molecule has 1 N–H and O–H groups in total. The van der Waals surface area contributed by atoms with Gasteiger partial charge in [0.05, 0.1) is 12.7 Å². The van der Waals surface area contributed by atoms with E-state index in [1.54, 1.807) is 7.11 Å². The first-order valence-electron chi connectivity index (χ1n) is 7.56. The van der Waals surface area contributed by atoms with Gasteiger partial charge in [-0.2, -0.15) is 0 Å². The maximum absolute atomic E-state index is 9.58. The molecule has 0 aliphatic rings. The van der Waals surface area contributed by atoms with Crippen molar-refractivity contribution in [2.75, 3.05) is 33.9 Å². The van der Waals surface area contributed by atoms with E-state index in [4.69, 9.17) is 4.74 Å². The molecule has 0 rings (SSSR count). The highest BCUT2D eigenvalue weighted by atomic mass is 16.5. The molecule has 1 unspecified atom stereocenters. The lowest BCUT2D eigenvalue weighted by atomic mass is 10.1. The Morgan fingerprint density at radius 2 is 1.56 bits per heavy atom. The number of likely N-dealkylation sites (N-methyl/N-ethyl adjacent to an activating group) is 1. The van der Waals surface area contributed by atoms with Gasteiger partial charge >= 0.3 is 0 Å². The molecule has 0 aliphatic heterocycles. The highest BCUT2D eigenvalue weighted by Crippen LogP contribution is 2.08. The van der Waals surface area contributed by atoms with E-state index in [-0.39, 0.29) is 6.10 Å². The Morgan fingerprint density at radius 1 is 1.00 bits per heavy atom. The first-order chi connectivity index (χ1) is 8.70. The maximum atomic E-state index is 9.58. The van der Waals surface area contributed by atoms with Crippen LogP contribution in [0.3, 0.4) is 0 Å². The van der Waals surface area contributed by atoms with Crippen LogP contribution in [0.5, 0.6) is 0 Å². The Bertz CT molecular complexity index is 165. The summed E-state index contributed by atoms with van der Waals surface area (Å²) in [6.07, 6.45) is 10.5. The largest absolute Gasteiger partial charge is 0.389 e. The molecule has 3 heteroatoms. The predicted octanol–water partition coefficient (Wildman–Crippen LogP) is 3.07. The van der Waals surface area contributed by atoms with Crippen LogP contribution in [0, 0.1) is 0 Å². The second kappa shape index (κ2) is 13.3. The summed E-state index contributed by atoms with van der Waals surface area (Å²) in [6.45, 7) is 4.48. The molecular formula is C15H33NO2. The van der Waals surface area contributed by atoms with Crippen molar-refractivity contribution in [1.82, 2.24) is 4.90 Å². The molecule has 18 heavy (non-hydrogen) atoms. The molecule has 0 aromatic heterocycles. The van der Waals surface area contributed by atoms with Crippen molar-refractivity contribution in [2.24, 2.45) is 0 Å². The SMILES string of the molecule is CCCCCCCCCCN(C)CC(O)COC. The third-order valence-corrected chi connectivity index (χ3v) is 3.27. The number of nitrogens with zero attached hydrogens (tertiary/aromatic N) is 1. The second-order valence-corrected chi connectivity index (χ2v) is 5.35. The number of aliphatic hydroxyl groups excluding tert-OH is 1. The maximum Gasteiger partial charge on any atom is 0.0899 e. The summed E-state index contributed by atoms with van der Waals surface area (Å²) in [4.78, 5) is 2.20. The lowest BCUT2D eigenvalue weighted by molar-refractivity contribution is 0.0430. The number of aliphatic hydroxyl groups is 1. The molecule has 0 fully saturated rings. The van der Waals surface area contributed by atoms with E-state index in [1.807, 2.05) is 0 Å². The number of ether oxygens (including phenoxy) is 1. The van der Waals surface area contributed by atoms with Gasteiger partial charge in [-0.15, -0.1) is 0 Å². The minimum absolute atomic E-state index is 0.353. The van der Waals surface area contributed by atoms with Gasteiger partial charge in [0.2, 0.25) is 0 Å². The van der Waals surface area contributed by atoms with Gasteiger partial charge in [0.1, 0.15) is 0 Å². The molecule has 0 aliphatic carbocycles. The first-order valence-corrected chi connectivity index (χ1v) is 7.56. The minimum Gasteiger partial charge on any atom is -0.389 e. The zero-order chi connectivity index (χ0) is 13.6. The van der Waals surface area contributed by atoms with Crippen molar-refractivity contribution in [3.63, 3.8) is 0 Å². The minimum atomic E-state index is -0.353. The molecule has 0 spiro atoms. The van der Waals surface area contributed by atoms with E-state index in [2.05, 4.69) is 18.9 Å². The van der Waals surface area contributed by atoms with Crippen LogP contribution in [-0.4, -0.2) is 50.0 Å². The zero-order valence-corrected chi connectivity index (χ0v) is 12.7. The number of methoxy groups -OCH3 is 1. The summed E-state index contributed by atoms with van der Waals surface area (Å²) in [7, 11) is 3.70. The molecule has 0 saturated carbocycles. The van der Waals surface area contributed by atoms with E-state index in [1.165, 1.54) is 51.4 Å². The van der Waals surface area contributed by atoms with Crippen molar-refractivity contribution >= 4 is 0 Å². The number of rotatable bonds is 13. The quantitative estimate of drug-likeness (QED) is 0.516. The molecule has 0 aromatic carbocycles. The molecular weight excluding hydrogens is 226 g/mol. The van der Waals surface area contributed by atoms with E-state index in [0.717, 1.165) is 6.54 Å². The lowest BCUT2D eigenvalue weighted by Crippen LogP contribution is -2.32. The van der Waals surface area contributed by atoms with Crippen molar-refractivity contribution < 1.29 is 9.84 Å². The molecule has 0 amide bonds. The van der Waals surface area contributed by atoms with Gasteiger partial charge in [-0.25, -0.2) is 0 Å². The molecule has 0 aromatic rings. The molecule has 0 bridgehead atoms. The molecule has 3 nitrogen and oxygen atoms in total. The summed E-state index contributed by atoms with van der Waals surface area (Å²) in [5.41, 5.74) is 0. The molecule has 110 valence electrons. The van der Waals surface area contributed by atoms with Crippen LogP contribution in [0.1, 0.15) is 58.3 Å². The smallest absolute Gasteiger partial charge is 0.0899 e. The van der Waals surface area contributed by atoms with Crippen LogP contribution in [0.4, 0.5) is 0 Å². The fourth-order valence-corrected chi connectivity index (χ4v) is 2.21. The second-order valence-electron chi connectivity index (χ2n) is 5.35. The van der Waals surface area contributed by atoms with E-state index in [9.17, 15) is 5.11 Å². The van der Waals surface area contributed by atoms with Crippen LogP contribution in [0.25, 0.3) is 0 Å². The Morgan fingerprint density at radius 3 is 2.11 bits per heavy atom. The molecule has 0 radical (unpaired) electrons. The number of hydrogen-bond donors (Lipinski definition) is 1. The normalized spacial score (nSPS) is 13.2. The molecule has 0 heterocycles. The fraction of sp³-hybridized carbons (Fsp3) is 1.00. The van der Waals surface area contributed by atoms with Gasteiger partial charge in [0.25, 0.3) is 0 Å². The van der Waals surface area contributed by atoms with Crippen molar-refractivity contribution in [2.45, 2.75) is 64.4 Å². The fourth-order valence-electron chi connectivity index (χ4n) is 2.21. The van der Waals surface area contributed by atoms with Crippen molar-refractivity contribution in [3.8, 4) is 0 Å². The third-order valence-electron chi connectivity index (χ3n) is 3.27. The highest BCUT2D eigenvalue weighted by molar-refractivity contribution is 4.60. The Hall–Kier alpha value is -0.120. The average Bonchev–Trinajstić information content (AvgIpc) is 2.32. The van der Waals surface area contributed by atoms with Crippen LogP contribution in [-0.2, 0) is 4.74 Å². The van der Waals surface area contributed by atoms with E-state index < -0.39 is 0 Å².